The van der Waals surface area contributed by atoms with Crippen molar-refractivity contribution in [2.75, 3.05) is 26.0 Å². The zero-order valence-electron chi connectivity index (χ0n) is 12.3. The van der Waals surface area contributed by atoms with Crippen molar-refractivity contribution in [3.63, 3.8) is 0 Å². The number of rotatable bonds is 3. The zero-order valence-corrected chi connectivity index (χ0v) is 13.1. The number of aromatic nitrogens is 2. The van der Waals surface area contributed by atoms with Crippen LogP contribution in [-0.2, 0) is 11.3 Å². The second-order valence-electron chi connectivity index (χ2n) is 5.70. The summed E-state index contributed by atoms with van der Waals surface area (Å²) in [6, 6.07) is 1.89. The number of hydrogen-bond acceptors (Lipinski definition) is 4. The number of carbonyl (C=O) groups excluding carboxylic acids is 1. The number of hydrogen-bond donors (Lipinski definition) is 0. The Morgan fingerprint density at radius 2 is 2.35 bits per heavy atom. The lowest BCUT2D eigenvalue weighted by Crippen LogP contribution is -2.61. The minimum Gasteiger partial charge on any atom is -0.381 e. The van der Waals surface area contributed by atoms with Crippen LogP contribution in [0.2, 0.25) is 0 Å². The molecule has 1 spiro atoms. The Morgan fingerprint density at radius 3 is 2.95 bits per heavy atom. The molecule has 0 N–H and O–H groups in total. The maximum Gasteiger partial charge on any atom is 0.272 e. The molecule has 2 aliphatic rings. The standard InChI is InChI=1S/C14H21N3O2S/c1-4-17-12(5-10(2)15-17)13(18)16-8-14(9-16)6-11(19-3)7-20-14/h5,11H,4,6-9H2,1-3H3/t11-/m1/s1. The van der Waals surface area contributed by atoms with Gasteiger partial charge in [0.05, 0.1) is 16.5 Å². The fourth-order valence-corrected chi connectivity index (χ4v) is 4.68. The van der Waals surface area contributed by atoms with Crippen LogP contribution in [0.25, 0.3) is 0 Å². The van der Waals surface area contributed by atoms with Gasteiger partial charge in [0.15, 0.2) is 0 Å². The van der Waals surface area contributed by atoms with Crippen LogP contribution in [0.5, 0.6) is 0 Å². The van der Waals surface area contributed by atoms with E-state index in [1.165, 1.54) is 0 Å². The fourth-order valence-electron chi connectivity index (χ4n) is 3.09. The van der Waals surface area contributed by atoms with Gasteiger partial charge in [0, 0.05) is 32.5 Å². The van der Waals surface area contributed by atoms with E-state index in [0.29, 0.717) is 11.8 Å². The van der Waals surface area contributed by atoms with Crippen LogP contribution < -0.4 is 0 Å². The van der Waals surface area contributed by atoms with E-state index in [4.69, 9.17) is 4.74 Å². The molecule has 6 heteroatoms. The molecule has 0 saturated carbocycles. The third kappa shape index (κ3) is 2.24. The summed E-state index contributed by atoms with van der Waals surface area (Å²) in [5.74, 6) is 1.16. The molecule has 1 atom stereocenters. The molecule has 0 aliphatic carbocycles. The largest absolute Gasteiger partial charge is 0.381 e. The first-order chi connectivity index (χ1) is 9.57. The molecule has 3 rings (SSSR count). The molecule has 0 bridgehead atoms. The maximum atomic E-state index is 12.5. The number of methoxy groups -OCH3 is 1. The van der Waals surface area contributed by atoms with Crippen molar-refractivity contribution >= 4 is 17.7 Å². The molecule has 20 heavy (non-hydrogen) atoms. The molecule has 2 saturated heterocycles. The Kier molecular flexibility index (Phi) is 3.54. The second kappa shape index (κ2) is 5.07. The fraction of sp³-hybridized carbons (Fsp3) is 0.714. The average molecular weight is 295 g/mol. The highest BCUT2D eigenvalue weighted by atomic mass is 32.2. The van der Waals surface area contributed by atoms with Crippen LogP contribution in [0.1, 0.15) is 29.5 Å². The number of amides is 1. The van der Waals surface area contributed by atoms with Crippen molar-refractivity contribution in [1.29, 1.82) is 0 Å². The molecule has 2 fully saturated rings. The topological polar surface area (TPSA) is 47.4 Å². The normalized spacial score (nSPS) is 24.1. The summed E-state index contributed by atoms with van der Waals surface area (Å²) in [5, 5.41) is 4.35. The summed E-state index contributed by atoms with van der Waals surface area (Å²) in [7, 11) is 1.77. The number of thioether (sulfide) groups is 1. The molecule has 0 unspecified atom stereocenters. The van der Waals surface area contributed by atoms with E-state index in [1.807, 2.05) is 36.6 Å². The van der Waals surface area contributed by atoms with Crippen molar-refractivity contribution < 1.29 is 9.53 Å². The Labute approximate surface area is 123 Å². The molecule has 5 nitrogen and oxygen atoms in total. The van der Waals surface area contributed by atoms with E-state index in [0.717, 1.165) is 37.5 Å². The summed E-state index contributed by atoms with van der Waals surface area (Å²) < 4.78 is 7.46. The third-order valence-corrected chi connectivity index (χ3v) is 5.75. The lowest BCUT2D eigenvalue weighted by atomic mass is 9.92. The minimum absolute atomic E-state index is 0.111. The van der Waals surface area contributed by atoms with Crippen LogP contribution in [0.15, 0.2) is 6.07 Å². The van der Waals surface area contributed by atoms with Crippen LogP contribution in [0.3, 0.4) is 0 Å². The van der Waals surface area contributed by atoms with Gasteiger partial charge in [-0.25, -0.2) is 0 Å². The maximum absolute atomic E-state index is 12.5. The predicted molar refractivity (Wildman–Crippen MR) is 79.1 cm³/mol. The summed E-state index contributed by atoms with van der Waals surface area (Å²) in [6.45, 7) is 6.34. The highest BCUT2D eigenvalue weighted by Crippen LogP contribution is 2.46. The Morgan fingerprint density at radius 1 is 1.60 bits per heavy atom. The first-order valence-corrected chi connectivity index (χ1v) is 8.06. The number of nitrogens with zero attached hydrogens (tertiary/aromatic N) is 3. The first-order valence-electron chi connectivity index (χ1n) is 7.07. The van der Waals surface area contributed by atoms with Crippen molar-refractivity contribution in [2.24, 2.45) is 0 Å². The van der Waals surface area contributed by atoms with Gasteiger partial charge in [-0.15, -0.1) is 11.8 Å². The SMILES string of the molecule is CCn1nc(C)cc1C(=O)N1CC2(C[C@@H](OC)CS2)C1. The molecule has 1 amide bonds. The van der Waals surface area contributed by atoms with Crippen molar-refractivity contribution in [3.8, 4) is 0 Å². The summed E-state index contributed by atoms with van der Waals surface area (Å²) in [4.78, 5) is 14.5. The van der Waals surface area contributed by atoms with E-state index in [-0.39, 0.29) is 10.7 Å². The monoisotopic (exact) mass is 295 g/mol. The summed E-state index contributed by atoms with van der Waals surface area (Å²) >= 11 is 1.95. The Bertz CT molecular complexity index is 522. The molecular formula is C14H21N3O2S. The second-order valence-corrected chi connectivity index (χ2v) is 7.19. The average Bonchev–Trinajstić information content (AvgIpc) is 2.99. The van der Waals surface area contributed by atoms with Gasteiger partial charge in [-0.3, -0.25) is 9.48 Å². The van der Waals surface area contributed by atoms with Crippen molar-refractivity contribution in [2.45, 2.75) is 37.7 Å². The third-order valence-electron chi connectivity index (χ3n) is 4.17. The van der Waals surface area contributed by atoms with Gasteiger partial charge in [0.1, 0.15) is 5.69 Å². The van der Waals surface area contributed by atoms with E-state index in [1.54, 1.807) is 11.8 Å². The summed E-state index contributed by atoms with van der Waals surface area (Å²) in [5.41, 5.74) is 1.62. The molecule has 3 heterocycles. The van der Waals surface area contributed by atoms with Crippen LogP contribution in [-0.4, -0.2) is 57.4 Å². The van der Waals surface area contributed by atoms with Gasteiger partial charge in [0.2, 0.25) is 0 Å². The molecule has 0 radical (unpaired) electrons. The number of aryl methyl sites for hydroxylation is 2. The molecule has 1 aromatic rings. The first kappa shape index (κ1) is 13.9. The van der Waals surface area contributed by atoms with Crippen LogP contribution in [0.4, 0.5) is 0 Å². The number of carbonyl (C=O) groups is 1. The van der Waals surface area contributed by atoms with Gasteiger partial charge in [-0.05, 0) is 26.3 Å². The van der Waals surface area contributed by atoms with Gasteiger partial charge in [-0.2, -0.15) is 5.10 Å². The Hall–Kier alpha value is -1.01. The molecule has 1 aromatic heterocycles. The van der Waals surface area contributed by atoms with E-state index in [2.05, 4.69) is 5.10 Å². The Balaban J connectivity index is 1.66. The highest BCUT2D eigenvalue weighted by Gasteiger charge is 2.51. The zero-order chi connectivity index (χ0) is 14.3. The minimum atomic E-state index is 0.111. The van der Waals surface area contributed by atoms with Crippen LogP contribution >= 0.6 is 11.8 Å². The highest BCUT2D eigenvalue weighted by molar-refractivity contribution is 8.01. The van der Waals surface area contributed by atoms with E-state index in [9.17, 15) is 4.79 Å². The van der Waals surface area contributed by atoms with E-state index < -0.39 is 0 Å². The lowest BCUT2D eigenvalue weighted by Gasteiger charge is -2.47. The van der Waals surface area contributed by atoms with Gasteiger partial charge >= 0.3 is 0 Å². The predicted octanol–water partition coefficient (Wildman–Crippen LogP) is 1.56. The van der Waals surface area contributed by atoms with Crippen molar-refractivity contribution in [1.82, 2.24) is 14.7 Å². The molecule has 110 valence electrons. The number of ether oxygens (including phenoxy) is 1. The number of likely N-dealkylation sites (tertiary alicyclic amines) is 1. The summed E-state index contributed by atoms with van der Waals surface area (Å²) in [6.07, 6.45) is 1.41. The lowest BCUT2D eigenvalue weighted by molar-refractivity contribution is 0.0441. The molecule has 0 aromatic carbocycles. The van der Waals surface area contributed by atoms with Gasteiger partial charge < -0.3 is 9.64 Å². The van der Waals surface area contributed by atoms with Crippen molar-refractivity contribution in [3.05, 3.63) is 17.5 Å². The van der Waals surface area contributed by atoms with Gasteiger partial charge in [0.25, 0.3) is 5.91 Å². The van der Waals surface area contributed by atoms with Crippen LogP contribution in [0, 0.1) is 6.92 Å². The quantitative estimate of drug-likeness (QED) is 0.849. The van der Waals surface area contributed by atoms with E-state index >= 15 is 0 Å². The van der Waals surface area contributed by atoms with Gasteiger partial charge in [-0.1, -0.05) is 0 Å². The smallest absolute Gasteiger partial charge is 0.272 e. The molecular weight excluding hydrogens is 274 g/mol. The molecule has 2 aliphatic heterocycles.